The van der Waals surface area contributed by atoms with Gasteiger partial charge in [0.2, 0.25) is 0 Å². The van der Waals surface area contributed by atoms with Crippen molar-refractivity contribution in [1.29, 1.82) is 0 Å². The van der Waals surface area contributed by atoms with Crippen molar-refractivity contribution < 1.29 is 0 Å². The van der Waals surface area contributed by atoms with Gasteiger partial charge in [-0.25, -0.2) is 4.98 Å². The number of pyridine rings is 1. The van der Waals surface area contributed by atoms with Crippen molar-refractivity contribution in [3.63, 3.8) is 0 Å². The first kappa shape index (κ1) is 11.0. The van der Waals surface area contributed by atoms with Crippen molar-refractivity contribution in [2.45, 2.75) is 45.4 Å². The SMILES string of the molecule is CCCC(C)(CC)c1ccnc(N)c1. The smallest absolute Gasteiger partial charge is 0.123 e. The summed E-state index contributed by atoms with van der Waals surface area (Å²) in [5.41, 5.74) is 7.27. The summed E-state index contributed by atoms with van der Waals surface area (Å²) in [5, 5.41) is 0. The van der Waals surface area contributed by atoms with Crippen LogP contribution in [0.3, 0.4) is 0 Å². The fourth-order valence-electron chi connectivity index (χ4n) is 1.90. The molecule has 2 nitrogen and oxygen atoms in total. The summed E-state index contributed by atoms with van der Waals surface area (Å²) in [6.07, 6.45) is 5.35. The standard InChI is InChI=1S/C12H20N2/c1-4-7-12(3,5-2)10-6-8-14-11(13)9-10/h6,8-9H,4-5,7H2,1-3H3,(H2,13,14). The van der Waals surface area contributed by atoms with Crippen molar-refractivity contribution in [2.24, 2.45) is 0 Å². The highest BCUT2D eigenvalue weighted by Gasteiger charge is 2.23. The Bertz CT molecular complexity index is 296. The van der Waals surface area contributed by atoms with Gasteiger partial charge in [0.1, 0.15) is 5.82 Å². The van der Waals surface area contributed by atoms with Gasteiger partial charge in [-0.05, 0) is 36.0 Å². The summed E-state index contributed by atoms with van der Waals surface area (Å²) in [6.45, 7) is 6.75. The first-order valence-electron chi connectivity index (χ1n) is 5.34. The van der Waals surface area contributed by atoms with Gasteiger partial charge < -0.3 is 5.73 Å². The van der Waals surface area contributed by atoms with E-state index in [9.17, 15) is 0 Å². The first-order valence-corrected chi connectivity index (χ1v) is 5.34. The van der Waals surface area contributed by atoms with Gasteiger partial charge in [-0.1, -0.05) is 27.2 Å². The zero-order valence-corrected chi connectivity index (χ0v) is 9.38. The largest absolute Gasteiger partial charge is 0.384 e. The average Bonchev–Trinajstić information content (AvgIpc) is 2.18. The van der Waals surface area contributed by atoms with E-state index in [1.807, 2.05) is 6.07 Å². The van der Waals surface area contributed by atoms with Gasteiger partial charge in [-0.3, -0.25) is 0 Å². The number of nitrogens with two attached hydrogens (primary N) is 1. The van der Waals surface area contributed by atoms with Crippen LogP contribution in [0.25, 0.3) is 0 Å². The Balaban J connectivity index is 2.99. The summed E-state index contributed by atoms with van der Waals surface area (Å²) < 4.78 is 0. The van der Waals surface area contributed by atoms with E-state index < -0.39 is 0 Å². The van der Waals surface area contributed by atoms with E-state index in [0.29, 0.717) is 5.82 Å². The molecule has 0 saturated heterocycles. The van der Waals surface area contributed by atoms with Crippen LogP contribution in [-0.4, -0.2) is 4.98 Å². The summed E-state index contributed by atoms with van der Waals surface area (Å²) in [7, 11) is 0. The van der Waals surface area contributed by atoms with Crippen molar-refractivity contribution in [2.75, 3.05) is 5.73 Å². The molecule has 0 aliphatic heterocycles. The van der Waals surface area contributed by atoms with Gasteiger partial charge in [0.25, 0.3) is 0 Å². The zero-order chi connectivity index (χ0) is 10.6. The molecule has 2 N–H and O–H groups in total. The van der Waals surface area contributed by atoms with Crippen LogP contribution in [0, 0.1) is 0 Å². The quantitative estimate of drug-likeness (QED) is 0.796. The van der Waals surface area contributed by atoms with Crippen LogP contribution in [0.15, 0.2) is 18.3 Å². The molecule has 1 aromatic heterocycles. The highest BCUT2D eigenvalue weighted by molar-refractivity contribution is 5.35. The van der Waals surface area contributed by atoms with Crippen LogP contribution in [0.2, 0.25) is 0 Å². The molecule has 1 unspecified atom stereocenters. The van der Waals surface area contributed by atoms with E-state index >= 15 is 0 Å². The fraction of sp³-hybridized carbons (Fsp3) is 0.583. The van der Waals surface area contributed by atoms with E-state index in [4.69, 9.17) is 5.73 Å². The number of nitrogen functional groups attached to an aromatic ring is 1. The van der Waals surface area contributed by atoms with E-state index in [0.717, 1.165) is 6.42 Å². The number of nitrogens with zero attached hydrogens (tertiary/aromatic N) is 1. The number of hydrogen-bond donors (Lipinski definition) is 1. The number of anilines is 1. The molecule has 0 amide bonds. The molecule has 0 aliphatic carbocycles. The van der Waals surface area contributed by atoms with Crippen molar-refractivity contribution in [1.82, 2.24) is 4.98 Å². The van der Waals surface area contributed by atoms with E-state index in [-0.39, 0.29) is 5.41 Å². The molecule has 14 heavy (non-hydrogen) atoms. The predicted octanol–water partition coefficient (Wildman–Crippen LogP) is 3.13. The lowest BCUT2D eigenvalue weighted by molar-refractivity contribution is 0.413. The monoisotopic (exact) mass is 192 g/mol. The molecular formula is C12H20N2. The lowest BCUT2D eigenvalue weighted by atomic mass is 9.77. The van der Waals surface area contributed by atoms with E-state index in [1.54, 1.807) is 6.20 Å². The molecule has 0 fully saturated rings. The third kappa shape index (κ3) is 2.25. The van der Waals surface area contributed by atoms with Crippen LogP contribution in [-0.2, 0) is 5.41 Å². The molecule has 1 rings (SSSR count). The minimum atomic E-state index is 0.256. The lowest BCUT2D eigenvalue weighted by Crippen LogP contribution is -2.20. The molecule has 1 atom stereocenters. The molecule has 1 aromatic rings. The van der Waals surface area contributed by atoms with Crippen LogP contribution in [0.5, 0.6) is 0 Å². The zero-order valence-electron chi connectivity index (χ0n) is 9.38. The second kappa shape index (κ2) is 4.45. The van der Waals surface area contributed by atoms with Crippen LogP contribution < -0.4 is 5.73 Å². The van der Waals surface area contributed by atoms with Gasteiger partial charge in [0.05, 0.1) is 0 Å². The molecule has 2 heteroatoms. The highest BCUT2D eigenvalue weighted by atomic mass is 14.8. The first-order chi connectivity index (χ1) is 6.62. The van der Waals surface area contributed by atoms with Gasteiger partial charge in [0, 0.05) is 6.20 Å². The normalized spacial score (nSPS) is 15.1. The minimum Gasteiger partial charge on any atom is -0.384 e. The van der Waals surface area contributed by atoms with E-state index in [1.165, 1.54) is 18.4 Å². The summed E-state index contributed by atoms with van der Waals surface area (Å²) in [5.74, 6) is 0.623. The Morgan fingerprint density at radius 3 is 2.64 bits per heavy atom. The van der Waals surface area contributed by atoms with Crippen LogP contribution in [0.1, 0.15) is 45.6 Å². The molecule has 1 heterocycles. The van der Waals surface area contributed by atoms with Gasteiger partial charge in [0.15, 0.2) is 0 Å². The third-order valence-corrected chi connectivity index (χ3v) is 3.06. The molecule has 0 aromatic carbocycles. The van der Waals surface area contributed by atoms with Crippen LogP contribution in [0.4, 0.5) is 5.82 Å². The van der Waals surface area contributed by atoms with Gasteiger partial charge >= 0.3 is 0 Å². The summed E-state index contributed by atoms with van der Waals surface area (Å²) in [6, 6.07) is 4.08. The number of rotatable bonds is 4. The number of hydrogen-bond acceptors (Lipinski definition) is 2. The molecule has 0 bridgehead atoms. The topological polar surface area (TPSA) is 38.9 Å². The maximum Gasteiger partial charge on any atom is 0.123 e. The Hall–Kier alpha value is -1.05. The maximum absolute atomic E-state index is 5.70. The Morgan fingerprint density at radius 1 is 1.43 bits per heavy atom. The second-order valence-electron chi connectivity index (χ2n) is 4.13. The molecule has 0 radical (unpaired) electrons. The van der Waals surface area contributed by atoms with E-state index in [2.05, 4.69) is 31.8 Å². The average molecular weight is 192 g/mol. The lowest BCUT2D eigenvalue weighted by Gasteiger charge is -2.28. The van der Waals surface area contributed by atoms with Crippen molar-refractivity contribution >= 4 is 5.82 Å². The Labute approximate surface area is 86.5 Å². The highest BCUT2D eigenvalue weighted by Crippen LogP contribution is 2.32. The Morgan fingerprint density at radius 2 is 2.14 bits per heavy atom. The van der Waals surface area contributed by atoms with Gasteiger partial charge in [-0.15, -0.1) is 0 Å². The number of aromatic nitrogens is 1. The predicted molar refractivity (Wildman–Crippen MR) is 61.2 cm³/mol. The van der Waals surface area contributed by atoms with Crippen molar-refractivity contribution in [3.8, 4) is 0 Å². The summed E-state index contributed by atoms with van der Waals surface area (Å²) >= 11 is 0. The molecular weight excluding hydrogens is 172 g/mol. The second-order valence-corrected chi connectivity index (χ2v) is 4.13. The van der Waals surface area contributed by atoms with Crippen molar-refractivity contribution in [3.05, 3.63) is 23.9 Å². The van der Waals surface area contributed by atoms with Gasteiger partial charge in [-0.2, -0.15) is 0 Å². The molecule has 0 aliphatic rings. The van der Waals surface area contributed by atoms with Crippen LogP contribution >= 0.6 is 0 Å². The molecule has 0 spiro atoms. The summed E-state index contributed by atoms with van der Waals surface area (Å²) in [4.78, 5) is 4.03. The molecule has 78 valence electrons. The molecule has 0 saturated carbocycles. The fourth-order valence-corrected chi connectivity index (χ4v) is 1.90. The third-order valence-electron chi connectivity index (χ3n) is 3.06. The Kier molecular flexibility index (Phi) is 3.50. The maximum atomic E-state index is 5.70. The minimum absolute atomic E-state index is 0.256.